The Labute approximate surface area is 127 Å². The molecule has 0 radical (unpaired) electrons. The summed E-state index contributed by atoms with van der Waals surface area (Å²) in [4.78, 5) is 8.92. The first kappa shape index (κ1) is 14.1. The molecule has 1 aromatic carbocycles. The number of hydrogen-bond donors (Lipinski definition) is 0. The minimum atomic E-state index is 0.559. The van der Waals surface area contributed by atoms with E-state index in [2.05, 4.69) is 44.8 Å². The molecule has 0 amide bonds. The molecule has 3 aromatic rings. The van der Waals surface area contributed by atoms with E-state index in [-0.39, 0.29) is 0 Å². The van der Waals surface area contributed by atoms with E-state index in [1.165, 1.54) is 5.56 Å². The predicted molar refractivity (Wildman–Crippen MR) is 81.6 cm³/mol. The van der Waals surface area contributed by atoms with E-state index in [0.717, 1.165) is 35.6 Å². The lowest BCUT2D eigenvalue weighted by Gasteiger charge is -2.07. The van der Waals surface area contributed by atoms with E-state index in [9.17, 15) is 0 Å². The van der Waals surface area contributed by atoms with Gasteiger partial charge in [0.15, 0.2) is 5.82 Å². The van der Waals surface area contributed by atoms with Crippen molar-refractivity contribution >= 4 is 22.6 Å². The second-order valence-corrected chi connectivity index (χ2v) is 5.47. The van der Waals surface area contributed by atoms with Crippen molar-refractivity contribution in [1.82, 2.24) is 19.7 Å². The van der Waals surface area contributed by atoms with Gasteiger partial charge in [0, 0.05) is 32.2 Å². The van der Waals surface area contributed by atoms with Crippen LogP contribution in [0.3, 0.4) is 0 Å². The second-order valence-electron chi connectivity index (χ2n) is 5.09. The average Bonchev–Trinajstić information content (AvgIpc) is 3.01. The van der Waals surface area contributed by atoms with Crippen LogP contribution in [0.4, 0.5) is 0 Å². The monoisotopic (exact) mass is 304 g/mol. The van der Waals surface area contributed by atoms with E-state index < -0.39 is 0 Å². The number of halogens is 1. The summed E-state index contributed by atoms with van der Waals surface area (Å²) in [6.45, 7) is 4.65. The molecule has 110 valence electrons. The van der Waals surface area contributed by atoms with Gasteiger partial charge in [0.2, 0.25) is 5.89 Å². The zero-order valence-corrected chi connectivity index (χ0v) is 12.9. The largest absolute Gasteiger partial charge is 0.340 e. The van der Waals surface area contributed by atoms with Gasteiger partial charge in [0.05, 0.1) is 11.0 Å². The molecular weight excluding hydrogens is 288 g/mol. The van der Waals surface area contributed by atoms with Gasteiger partial charge < -0.3 is 9.09 Å². The molecule has 0 aliphatic heterocycles. The highest BCUT2D eigenvalue weighted by Gasteiger charge is 2.12. The Kier molecular flexibility index (Phi) is 3.92. The molecule has 5 nitrogen and oxygen atoms in total. The predicted octanol–water partition coefficient (Wildman–Crippen LogP) is 3.06. The molecule has 0 N–H and O–H groups in total. The van der Waals surface area contributed by atoms with Crippen LogP contribution in [-0.2, 0) is 19.4 Å². The van der Waals surface area contributed by atoms with Crippen LogP contribution in [0.1, 0.15) is 23.1 Å². The van der Waals surface area contributed by atoms with Gasteiger partial charge in [0.25, 0.3) is 0 Å². The summed E-state index contributed by atoms with van der Waals surface area (Å²) < 4.78 is 7.22. The maximum atomic E-state index is 5.89. The van der Waals surface area contributed by atoms with Gasteiger partial charge in [-0.3, -0.25) is 0 Å². The van der Waals surface area contributed by atoms with Gasteiger partial charge in [-0.2, -0.15) is 4.98 Å². The summed E-state index contributed by atoms with van der Waals surface area (Å²) in [5.74, 6) is 2.88. The quantitative estimate of drug-likeness (QED) is 0.680. The number of imidazole rings is 1. The van der Waals surface area contributed by atoms with Crippen molar-refractivity contribution in [3.63, 3.8) is 0 Å². The summed E-state index contributed by atoms with van der Waals surface area (Å²) in [6, 6.07) is 6.28. The minimum Gasteiger partial charge on any atom is -0.340 e. The van der Waals surface area contributed by atoms with Crippen molar-refractivity contribution in [2.45, 2.75) is 33.2 Å². The highest BCUT2D eigenvalue weighted by atomic mass is 35.5. The number of alkyl halides is 1. The normalized spacial score (nSPS) is 11.4. The molecule has 2 heterocycles. The molecule has 0 aliphatic rings. The Morgan fingerprint density at radius 3 is 2.76 bits per heavy atom. The lowest BCUT2D eigenvalue weighted by Crippen LogP contribution is -2.08. The highest BCUT2D eigenvalue weighted by molar-refractivity contribution is 6.17. The van der Waals surface area contributed by atoms with Crippen molar-refractivity contribution in [1.29, 1.82) is 0 Å². The van der Waals surface area contributed by atoms with Crippen molar-refractivity contribution in [3.05, 3.63) is 41.3 Å². The Morgan fingerprint density at radius 1 is 1.19 bits per heavy atom. The SMILES string of the molecule is Cc1ccc2nc(CCCl)n(CCc3noc(C)n3)c2c1. The molecule has 0 fully saturated rings. The number of fused-ring (bicyclic) bond motifs is 1. The van der Waals surface area contributed by atoms with Gasteiger partial charge in [-0.25, -0.2) is 4.98 Å². The standard InChI is InChI=1S/C15H17ClN4O/c1-10-3-4-12-13(9-10)20(15(18-12)5-7-16)8-6-14-17-11(2)21-19-14/h3-4,9H,5-8H2,1-2H3. The first-order chi connectivity index (χ1) is 10.2. The van der Waals surface area contributed by atoms with Gasteiger partial charge in [0.1, 0.15) is 5.82 Å². The fourth-order valence-electron chi connectivity index (χ4n) is 2.46. The van der Waals surface area contributed by atoms with Gasteiger partial charge in [-0.05, 0) is 24.6 Å². The molecule has 0 aliphatic carbocycles. The number of aromatic nitrogens is 4. The third-order valence-corrected chi connectivity index (χ3v) is 3.62. The van der Waals surface area contributed by atoms with Crippen molar-refractivity contribution in [2.75, 3.05) is 5.88 Å². The van der Waals surface area contributed by atoms with Crippen molar-refractivity contribution < 1.29 is 4.52 Å². The Bertz CT molecular complexity index is 762. The molecule has 2 aromatic heterocycles. The summed E-state index contributed by atoms with van der Waals surface area (Å²) in [5.41, 5.74) is 3.36. The number of aryl methyl sites for hydroxylation is 5. The third-order valence-electron chi connectivity index (χ3n) is 3.43. The molecule has 0 saturated carbocycles. The van der Waals surface area contributed by atoms with Crippen molar-refractivity contribution in [2.24, 2.45) is 0 Å². The first-order valence-corrected chi connectivity index (χ1v) is 7.52. The van der Waals surface area contributed by atoms with Crippen LogP contribution in [0.25, 0.3) is 11.0 Å². The molecule has 3 rings (SSSR count). The van der Waals surface area contributed by atoms with Crippen LogP contribution in [-0.4, -0.2) is 25.6 Å². The fourth-order valence-corrected chi connectivity index (χ4v) is 2.63. The lowest BCUT2D eigenvalue weighted by atomic mass is 10.2. The molecule has 0 spiro atoms. The van der Waals surface area contributed by atoms with Crippen LogP contribution in [0, 0.1) is 13.8 Å². The molecular formula is C15H17ClN4O. The van der Waals surface area contributed by atoms with Crippen molar-refractivity contribution in [3.8, 4) is 0 Å². The maximum absolute atomic E-state index is 5.89. The van der Waals surface area contributed by atoms with Crippen LogP contribution in [0.5, 0.6) is 0 Å². The van der Waals surface area contributed by atoms with E-state index in [0.29, 0.717) is 18.2 Å². The molecule has 0 saturated heterocycles. The summed E-state index contributed by atoms with van der Waals surface area (Å²) in [7, 11) is 0. The Morgan fingerprint density at radius 2 is 2.05 bits per heavy atom. The molecule has 0 atom stereocenters. The fraction of sp³-hybridized carbons (Fsp3) is 0.400. The number of benzene rings is 1. The third kappa shape index (κ3) is 2.93. The smallest absolute Gasteiger partial charge is 0.223 e. The van der Waals surface area contributed by atoms with Crippen LogP contribution in [0.2, 0.25) is 0 Å². The zero-order chi connectivity index (χ0) is 14.8. The van der Waals surface area contributed by atoms with E-state index >= 15 is 0 Å². The molecule has 21 heavy (non-hydrogen) atoms. The van der Waals surface area contributed by atoms with E-state index in [1.54, 1.807) is 6.92 Å². The van der Waals surface area contributed by atoms with Gasteiger partial charge in [-0.1, -0.05) is 11.2 Å². The van der Waals surface area contributed by atoms with Crippen LogP contribution in [0.15, 0.2) is 22.7 Å². The maximum Gasteiger partial charge on any atom is 0.223 e. The Hall–Kier alpha value is -1.88. The van der Waals surface area contributed by atoms with Crippen LogP contribution >= 0.6 is 11.6 Å². The average molecular weight is 305 g/mol. The van der Waals surface area contributed by atoms with E-state index in [1.807, 2.05) is 0 Å². The Balaban J connectivity index is 1.94. The van der Waals surface area contributed by atoms with Gasteiger partial charge in [-0.15, -0.1) is 11.6 Å². The zero-order valence-electron chi connectivity index (χ0n) is 12.1. The first-order valence-electron chi connectivity index (χ1n) is 6.98. The molecule has 0 bridgehead atoms. The summed E-state index contributed by atoms with van der Waals surface area (Å²) in [5, 5.41) is 3.94. The second kappa shape index (κ2) is 5.85. The number of nitrogens with zero attached hydrogens (tertiary/aromatic N) is 4. The number of hydrogen-bond acceptors (Lipinski definition) is 4. The highest BCUT2D eigenvalue weighted by Crippen LogP contribution is 2.19. The van der Waals surface area contributed by atoms with Crippen LogP contribution < -0.4 is 0 Å². The van der Waals surface area contributed by atoms with E-state index in [4.69, 9.17) is 16.1 Å². The minimum absolute atomic E-state index is 0.559. The van der Waals surface area contributed by atoms with Gasteiger partial charge >= 0.3 is 0 Å². The lowest BCUT2D eigenvalue weighted by molar-refractivity contribution is 0.386. The molecule has 0 unspecified atom stereocenters. The number of rotatable bonds is 5. The molecule has 6 heteroatoms. The topological polar surface area (TPSA) is 56.7 Å². The summed E-state index contributed by atoms with van der Waals surface area (Å²) in [6.07, 6.45) is 1.46. The summed E-state index contributed by atoms with van der Waals surface area (Å²) >= 11 is 5.89.